The number of nitrogens with zero attached hydrogens (tertiary/aromatic N) is 2. The second kappa shape index (κ2) is 5.24. The van der Waals surface area contributed by atoms with Crippen molar-refractivity contribution in [3.63, 3.8) is 0 Å². The van der Waals surface area contributed by atoms with Gasteiger partial charge in [-0.2, -0.15) is 0 Å². The van der Waals surface area contributed by atoms with E-state index in [4.69, 9.17) is 27.9 Å². The number of ether oxygens (including phenoxy) is 1. The quantitative estimate of drug-likeness (QED) is 0.779. The van der Waals surface area contributed by atoms with Gasteiger partial charge in [-0.05, 0) is 32.9 Å². The van der Waals surface area contributed by atoms with Gasteiger partial charge in [0.05, 0.1) is 28.3 Å². The molecule has 0 aliphatic carbocycles. The Labute approximate surface area is 118 Å². The molecule has 0 N–H and O–H groups in total. The SMILES string of the molecule is CC1CN(c2ccc(Cl)c(CCl)n2)CC(C)(C)O1. The third-order valence-corrected chi connectivity index (χ3v) is 3.52. The van der Waals surface area contributed by atoms with Crippen molar-refractivity contribution in [2.24, 2.45) is 0 Å². The summed E-state index contributed by atoms with van der Waals surface area (Å²) in [7, 11) is 0. The Balaban J connectivity index is 2.25. The standard InChI is InChI=1S/C13H18Cl2N2O/c1-9-7-17(8-13(2,3)18-9)12-5-4-10(15)11(6-14)16-12/h4-5,9H,6-8H2,1-3H3. The summed E-state index contributed by atoms with van der Waals surface area (Å²) >= 11 is 11.9. The van der Waals surface area contributed by atoms with Crippen molar-refractivity contribution in [3.8, 4) is 0 Å². The molecule has 0 aromatic carbocycles. The van der Waals surface area contributed by atoms with Crippen LogP contribution in [0.2, 0.25) is 5.02 Å². The molecule has 1 aliphatic heterocycles. The number of hydrogen-bond acceptors (Lipinski definition) is 3. The first-order chi connectivity index (χ1) is 8.41. The van der Waals surface area contributed by atoms with Gasteiger partial charge in [0, 0.05) is 13.1 Å². The first-order valence-corrected chi connectivity index (χ1v) is 6.97. The third-order valence-electron chi connectivity index (χ3n) is 2.92. The fourth-order valence-electron chi connectivity index (χ4n) is 2.37. The molecule has 1 saturated heterocycles. The maximum Gasteiger partial charge on any atom is 0.129 e. The lowest BCUT2D eigenvalue weighted by atomic mass is 10.1. The van der Waals surface area contributed by atoms with Gasteiger partial charge in [0.1, 0.15) is 5.82 Å². The minimum absolute atomic E-state index is 0.167. The van der Waals surface area contributed by atoms with Crippen molar-refractivity contribution in [2.75, 3.05) is 18.0 Å². The van der Waals surface area contributed by atoms with E-state index in [9.17, 15) is 0 Å². The van der Waals surface area contributed by atoms with Gasteiger partial charge in [0.15, 0.2) is 0 Å². The maximum absolute atomic E-state index is 6.03. The summed E-state index contributed by atoms with van der Waals surface area (Å²) < 4.78 is 5.88. The summed E-state index contributed by atoms with van der Waals surface area (Å²) in [5, 5.41) is 0.620. The lowest BCUT2D eigenvalue weighted by Crippen LogP contribution is -2.52. The zero-order valence-corrected chi connectivity index (χ0v) is 12.4. The molecule has 100 valence electrons. The maximum atomic E-state index is 6.03. The van der Waals surface area contributed by atoms with E-state index in [0.29, 0.717) is 10.9 Å². The summed E-state index contributed by atoms with van der Waals surface area (Å²) in [6, 6.07) is 3.79. The minimum Gasteiger partial charge on any atom is -0.369 e. The van der Waals surface area contributed by atoms with Crippen LogP contribution in [0.4, 0.5) is 5.82 Å². The van der Waals surface area contributed by atoms with Gasteiger partial charge in [-0.3, -0.25) is 0 Å². The Kier molecular flexibility index (Phi) is 4.05. The highest BCUT2D eigenvalue weighted by Gasteiger charge is 2.32. The Morgan fingerprint density at radius 3 is 2.83 bits per heavy atom. The van der Waals surface area contributed by atoms with Crippen LogP contribution in [0.5, 0.6) is 0 Å². The van der Waals surface area contributed by atoms with E-state index in [1.54, 1.807) is 0 Å². The van der Waals surface area contributed by atoms with Crippen LogP contribution >= 0.6 is 23.2 Å². The molecule has 0 radical (unpaired) electrons. The van der Waals surface area contributed by atoms with Crippen molar-refractivity contribution in [1.82, 2.24) is 4.98 Å². The van der Waals surface area contributed by atoms with Gasteiger partial charge in [0.25, 0.3) is 0 Å². The molecule has 1 aliphatic rings. The lowest BCUT2D eigenvalue weighted by molar-refractivity contribution is -0.0751. The highest BCUT2D eigenvalue weighted by Crippen LogP contribution is 2.27. The molecule has 1 aromatic heterocycles. The summed E-state index contributed by atoms with van der Waals surface area (Å²) in [6.07, 6.45) is 0.186. The second-order valence-electron chi connectivity index (χ2n) is 5.30. The summed E-state index contributed by atoms with van der Waals surface area (Å²) in [4.78, 5) is 6.74. The molecule has 1 unspecified atom stereocenters. The van der Waals surface area contributed by atoms with Crippen LogP contribution in [0.15, 0.2) is 12.1 Å². The number of anilines is 1. The van der Waals surface area contributed by atoms with Crippen LogP contribution in [0, 0.1) is 0 Å². The van der Waals surface area contributed by atoms with Gasteiger partial charge in [-0.15, -0.1) is 11.6 Å². The number of pyridine rings is 1. The number of halogens is 2. The Morgan fingerprint density at radius 2 is 2.22 bits per heavy atom. The van der Waals surface area contributed by atoms with E-state index in [0.717, 1.165) is 24.6 Å². The number of hydrogen-bond donors (Lipinski definition) is 0. The normalized spacial score (nSPS) is 23.2. The van der Waals surface area contributed by atoms with Crippen molar-refractivity contribution in [3.05, 3.63) is 22.8 Å². The van der Waals surface area contributed by atoms with E-state index < -0.39 is 0 Å². The molecule has 1 aromatic rings. The molecule has 2 heterocycles. The highest BCUT2D eigenvalue weighted by atomic mass is 35.5. The van der Waals surface area contributed by atoms with Crippen LogP contribution in [-0.2, 0) is 10.6 Å². The van der Waals surface area contributed by atoms with Crippen LogP contribution < -0.4 is 4.90 Å². The molecule has 0 amide bonds. The molecule has 18 heavy (non-hydrogen) atoms. The Bertz CT molecular complexity index is 437. The first-order valence-electron chi connectivity index (χ1n) is 6.05. The summed E-state index contributed by atoms with van der Waals surface area (Å²) in [5.74, 6) is 1.24. The molecular weight excluding hydrogens is 271 g/mol. The van der Waals surface area contributed by atoms with Crippen molar-refractivity contribution in [2.45, 2.75) is 38.4 Å². The molecule has 0 bridgehead atoms. The number of alkyl halides is 1. The van der Waals surface area contributed by atoms with Crippen LogP contribution in [0.1, 0.15) is 26.5 Å². The van der Waals surface area contributed by atoms with Gasteiger partial charge in [-0.25, -0.2) is 4.98 Å². The average Bonchev–Trinajstić information content (AvgIpc) is 2.27. The van der Waals surface area contributed by atoms with Crippen molar-refractivity contribution >= 4 is 29.0 Å². The van der Waals surface area contributed by atoms with Crippen LogP contribution in [0.3, 0.4) is 0 Å². The van der Waals surface area contributed by atoms with E-state index in [2.05, 4.69) is 30.7 Å². The number of morpholine rings is 1. The zero-order chi connectivity index (χ0) is 13.3. The van der Waals surface area contributed by atoms with E-state index >= 15 is 0 Å². The lowest BCUT2D eigenvalue weighted by Gasteiger charge is -2.42. The van der Waals surface area contributed by atoms with E-state index in [1.807, 2.05) is 12.1 Å². The topological polar surface area (TPSA) is 25.4 Å². The highest BCUT2D eigenvalue weighted by molar-refractivity contribution is 6.32. The smallest absolute Gasteiger partial charge is 0.129 e. The van der Waals surface area contributed by atoms with E-state index in [1.165, 1.54) is 0 Å². The monoisotopic (exact) mass is 288 g/mol. The van der Waals surface area contributed by atoms with Gasteiger partial charge in [-0.1, -0.05) is 11.6 Å². The van der Waals surface area contributed by atoms with E-state index in [-0.39, 0.29) is 11.7 Å². The van der Waals surface area contributed by atoms with Crippen LogP contribution in [0.25, 0.3) is 0 Å². The fraction of sp³-hybridized carbons (Fsp3) is 0.615. The fourth-order valence-corrected chi connectivity index (χ4v) is 2.82. The molecule has 1 fully saturated rings. The van der Waals surface area contributed by atoms with Crippen molar-refractivity contribution in [1.29, 1.82) is 0 Å². The summed E-state index contributed by atoms with van der Waals surface area (Å²) in [6.45, 7) is 7.90. The average molecular weight is 289 g/mol. The van der Waals surface area contributed by atoms with Crippen molar-refractivity contribution < 1.29 is 4.74 Å². The summed E-state index contributed by atoms with van der Waals surface area (Å²) in [5.41, 5.74) is 0.563. The molecule has 3 nitrogen and oxygen atoms in total. The second-order valence-corrected chi connectivity index (χ2v) is 5.97. The molecule has 5 heteroatoms. The number of rotatable bonds is 2. The predicted octanol–water partition coefficient (Wildman–Crippen LogP) is 3.48. The minimum atomic E-state index is -0.167. The van der Waals surface area contributed by atoms with Crippen LogP contribution in [-0.4, -0.2) is 29.8 Å². The predicted molar refractivity (Wildman–Crippen MR) is 75.6 cm³/mol. The molecule has 0 saturated carbocycles. The Hall–Kier alpha value is -0.510. The largest absolute Gasteiger partial charge is 0.369 e. The van der Waals surface area contributed by atoms with Gasteiger partial charge in [0.2, 0.25) is 0 Å². The third kappa shape index (κ3) is 3.08. The number of aromatic nitrogens is 1. The zero-order valence-electron chi connectivity index (χ0n) is 10.9. The molecule has 1 atom stereocenters. The molecule has 0 spiro atoms. The first kappa shape index (κ1) is 13.9. The van der Waals surface area contributed by atoms with Gasteiger partial charge < -0.3 is 9.64 Å². The molecular formula is C13H18Cl2N2O. The van der Waals surface area contributed by atoms with Gasteiger partial charge >= 0.3 is 0 Å². The molecule has 2 rings (SSSR count). The Morgan fingerprint density at radius 1 is 1.50 bits per heavy atom.